The first-order chi connectivity index (χ1) is 9.45. The van der Waals surface area contributed by atoms with E-state index >= 15 is 0 Å². The molecule has 0 aliphatic heterocycles. The van der Waals surface area contributed by atoms with E-state index in [0.717, 1.165) is 5.92 Å². The van der Waals surface area contributed by atoms with E-state index in [-0.39, 0.29) is 0 Å². The van der Waals surface area contributed by atoms with Gasteiger partial charge in [0.2, 0.25) is 0 Å². The number of hydrogen-bond donors (Lipinski definition) is 0. The maximum Gasteiger partial charge on any atom is -0.0288 e. The smallest absolute Gasteiger partial charge is 0.0288 e. The van der Waals surface area contributed by atoms with Crippen molar-refractivity contribution in [2.24, 2.45) is 5.92 Å². The summed E-state index contributed by atoms with van der Waals surface area (Å²) in [4.78, 5) is 0. The van der Waals surface area contributed by atoms with E-state index < -0.39 is 0 Å². The summed E-state index contributed by atoms with van der Waals surface area (Å²) in [5, 5.41) is 0. The summed E-state index contributed by atoms with van der Waals surface area (Å²) in [6.45, 7) is 13.5. The Balaban J connectivity index is 3.85. The molecule has 0 amide bonds. The van der Waals surface area contributed by atoms with Gasteiger partial charge in [0, 0.05) is 0 Å². The van der Waals surface area contributed by atoms with Crippen molar-refractivity contribution in [2.45, 2.75) is 86.5 Å². The molecule has 0 aromatic heterocycles. The van der Waals surface area contributed by atoms with Crippen molar-refractivity contribution in [1.82, 2.24) is 0 Å². The molecule has 0 nitrogen and oxygen atoms in total. The van der Waals surface area contributed by atoms with E-state index in [2.05, 4.69) is 59.8 Å². The molecule has 0 spiro atoms. The molecule has 0 fully saturated rings. The molecule has 0 aromatic rings. The quantitative estimate of drug-likeness (QED) is 0.369. The lowest BCUT2D eigenvalue weighted by atomic mass is 10.0. The number of allylic oxidation sites excluding steroid dienone is 6. The molecular formula is C20H36. The van der Waals surface area contributed by atoms with Gasteiger partial charge in [0.1, 0.15) is 0 Å². The van der Waals surface area contributed by atoms with E-state index in [1.54, 1.807) is 5.57 Å². The van der Waals surface area contributed by atoms with Gasteiger partial charge in [0.25, 0.3) is 0 Å². The minimum Gasteiger partial charge on any atom is -0.0856 e. The van der Waals surface area contributed by atoms with Crippen LogP contribution in [0.15, 0.2) is 34.9 Å². The molecule has 116 valence electrons. The predicted molar refractivity (Wildman–Crippen MR) is 94.1 cm³/mol. The fourth-order valence-electron chi connectivity index (χ4n) is 2.16. The van der Waals surface area contributed by atoms with Gasteiger partial charge in [0.15, 0.2) is 0 Å². The molecule has 0 radical (unpaired) electrons. The third kappa shape index (κ3) is 12.3. The zero-order valence-corrected chi connectivity index (χ0v) is 14.8. The van der Waals surface area contributed by atoms with Crippen molar-refractivity contribution in [1.29, 1.82) is 0 Å². The lowest BCUT2D eigenvalue weighted by molar-refractivity contribution is 0.521. The van der Waals surface area contributed by atoms with E-state index in [1.807, 2.05) is 0 Å². The Morgan fingerprint density at radius 3 is 1.80 bits per heavy atom. The zero-order chi connectivity index (χ0) is 15.4. The summed E-state index contributed by atoms with van der Waals surface area (Å²) in [6, 6.07) is 0. The van der Waals surface area contributed by atoms with E-state index in [4.69, 9.17) is 0 Å². The first-order valence-corrected chi connectivity index (χ1v) is 8.40. The van der Waals surface area contributed by atoms with Gasteiger partial charge >= 0.3 is 0 Å². The average molecular weight is 277 g/mol. The van der Waals surface area contributed by atoms with Crippen LogP contribution < -0.4 is 0 Å². The number of rotatable bonds is 10. The van der Waals surface area contributed by atoms with Crippen molar-refractivity contribution in [2.75, 3.05) is 0 Å². The van der Waals surface area contributed by atoms with E-state index in [9.17, 15) is 0 Å². The van der Waals surface area contributed by atoms with Gasteiger partial charge in [-0.25, -0.2) is 0 Å². The van der Waals surface area contributed by atoms with Crippen molar-refractivity contribution in [3.8, 4) is 0 Å². The van der Waals surface area contributed by atoms with Crippen molar-refractivity contribution >= 4 is 0 Å². The minimum atomic E-state index is 0.872. The molecule has 0 heterocycles. The van der Waals surface area contributed by atoms with Crippen molar-refractivity contribution in [3.63, 3.8) is 0 Å². The predicted octanol–water partition coefficient (Wildman–Crippen LogP) is 7.23. The van der Waals surface area contributed by atoms with Crippen LogP contribution in [0.5, 0.6) is 0 Å². The zero-order valence-electron chi connectivity index (χ0n) is 14.8. The van der Waals surface area contributed by atoms with Crippen LogP contribution in [0.1, 0.15) is 86.5 Å². The van der Waals surface area contributed by atoms with Crippen molar-refractivity contribution in [3.05, 3.63) is 34.9 Å². The number of hydrogen-bond acceptors (Lipinski definition) is 0. The van der Waals surface area contributed by atoms with Gasteiger partial charge in [-0.1, -0.05) is 55.2 Å². The maximum atomic E-state index is 2.44. The molecule has 0 saturated heterocycles. The first kappa shape index (κ1) is 19.2. The highest BCUT2D eigenvalue weighted by Crippen LogP contribution is 2.14. The van der Waals surface area contributed by atoms with Crippen LogP contribution in [0.2, 0.25) is 0 Å². The topological polar surface area (TPSA) is 0 Å². The van der Waals surface area contributed by atoms with Gasteiger partial charge in [-0.05, 0) is 72.1 Å². The van der Waals surface area contributed by atoms with Gasteiger partial charge in [0.05, 0.1) is 0 Å². The molecule has 1 atom stereocenters. The van der Waals surface area contributed by atoms with E-state index in [0.29, 0.717) is 0 Å². The highest BCUT2D eigenvalue weighted by atomic mass is 14.0. The summed E-state index contributed by atoms with van der Waals surface area (Å²) in [6.07, 6.45) is 15.9. The average Bonchev–Trinajstić information content (AvgIpc) is 2.38. The van der Waals surface area contributed by atoms with Crippen LogP contribution in [0, 0.1) is 5.92 Å². The fourth-order valence-corrected chi connectivity index (χ4v) is 2.16. The Hall–Kier alpha value is -0.780. The van der Waals surface area contributed by atoms with Gasteiger partial charge in [-0.15, -0.1) is 0 Å². The van der Waals surface area contributed by atoms with Gasteiger partial charge in [-0.2, -0.15) is 0 Å². The first-order valence-electron chi connectivity index (χ1n) is 8.40. The van der Waals surface area contributed by atoms with Crippen molar-refractivity contribution < 1.29 is 0 Å². The molecule has 0 rings (SSSR count). The van der Waals surface area contributed by atoms with Crippen LogP contribution in [-0.4, -0.2) is 0 Å². The molecule has 0 aliphatic rings. The third-order valence-electron chi connectivity index (χ3n) is 3.97. The summed E-state index contributed by atoms with van der Waals surface area (Å²) >= 11 is 0. The van der Waals surface area contributed by atoms with Crippen LogP contribution >= 0.6 is 0 Å². The second-order valence-electron chi connectivity index (χ2n) is 6.55. The Morgan fingerprint density at radius 2 is 1.30 bits per heavy atom. The molecule has 20 heavy (non-hydrogen) atoms. The molecule has 0 N–H and O–H groups in total. The Kier molecular flexibility index (Phi) is 11.5. The summed E-state index contributed by atoms with van der Waals surface area (Å²) in [5.41, 5.74) is 4.52. The summed E-state index contributed by atoms with van der Waals surface area (Å²) in [5.74, 6) is 0.872. The van der Waals surface area contributed by atoms with Crippen LogP contribution in [0.4, 0.5) is 0 Å². The molecule has 0 heteroatoms. The monoisotopic (exact) mass is 276 g/mol. The lowest BCUT2D eigenvalue weighted by Crippen LogP contribution is -1.90. The molecule has 0 aliphatic carbocycles. The largest absolute Gasteiger partial charge is 0.0856 e. The van der Waals surface area contributed by atoms with Gasteiger partial charge in [-0.3, -0.25) is 0 Å². The Bertz CT molecular complexity index is 324. The highest BCUT2D eigenvalue weighted by Gasteiger charge is 1.97. The standard InChI is InChI=1S/C20H36/c1-7-18(4)12-9-14-20(6)16-10-15-19(5)13-8-11-17(2)3/h11,14-15,18H,7-10,12-13,16H2,1-6H3. The second kappa shape index (κ2) is 12.0. The maximum absolute atomic E-state index is 2.44. The molecule has 0 bridgehead atoms. The summed E-state index contributed by atoms with van der Waals surface area (Å²) in [7, 11) is 0. The highest BCUT2D eigenvalue weighted by molar-refractivity contribution is 5.05. The Morgan fingerprint density at radius 1 is 0.800 bits per heavy atom. The normalized spacial score (nSPS) is 14.3. The lowest BCUT2D eigenvalue weighted by Gasteiger charge is -2.06. The second-order valence-corrected chi connectivity index (χ2v) is 6.55. The van der Waals surface area contributed by atoms with Crippen LogP contribution in [-0.2, 0) is 0 Å². The van der Waals surface area contributed by atoms with Crippen LogP contribution in [0.25, 0.3) is 0 Å². The minimum absolute atomic E-state index is 0.872. The fraction of sp³-hybridized carbons (Fsp3) is 0.700. The molecular weight excluding hydrogens is 240 g/mol. The van der Waals surface area contributed by atoms with E-state index in [1.165, 1.54) is 56.1 Å². The molecule has 0 saturated carbocycles. The van der Waals surface area contributed by atoms with Gasteiger partial charge < -0.3 is 0 Å². The third-order valence-corrected chi connectivity index (χ3v) is 3.97. The summed E-state index contributed by atoms with van der Waals surface area (Å²) < 4.78 is 0. The molecule has 1 unspecified atom stereocenters. The Labute approximate surface area is 128 Å². The van der Waals surface area contributed by atoms with Crippen LogP contribution in [0.3, 0.4) is 0 Å². The molecule has 0 aromatic carbocycles. The SMILES string of the molecule is CCC(C)CCC=C(C)CCC=C(C)CCC=C(C)C.